The van der Waals surface area contributed by atoms with Crippen molar-refractivity contribution < 1.29 is 32.2 Å². The summed E-state index contributed by atoms with van der Waals surface area (Å²) in [4.78, 5) is 29.1. The Kier molecular flexibility index (Phi) is 9.75. The van der Waals surface area contributed by atoms with Crippen LogP contribution in [-0.2, 0) is 24.2 Å². The molecule has 11 nitrogen and oxygen atoms in total. The van der Waals surface area contributed by atoms with E-state index in [0.717, 1.165) is 0 Å². The van der Waals surface area contributed by atoms with E-state index in [0.29, 0.717) is 27.6 Å². The van der Waals surface area contributed by atoms with Crippen LogP contribution >= 0.6 is 11.3 Å². The van der Waals surface area contributed by atoms with Gasteiger partial charge >= 0.3 is 12.2 Å². The number of amides is 2. The number of benzene rings is 1. The zero-order valence-corrected chi connectivity index (χ0v) is 24.8. The lowest BCUT2D eigenvalue weighted by molar-refractivity contribution is 0.0558. The van der Waals surface area contributed by atoms with Gasteiger partial charge in [0, 0.05) is 35.1 Å². The van der Waals surface area contributed by atoms with Crippen LogP contribution in [0.15, 0.2) is 41.1 Å². The molecule has 3 rings (SSSR count). The molecule has 0 radical (unpaired) electrons. The Morgan fingerprint density at radius 1 is 1.08 bits per heavy atom. The van der Waals surface area contributed by atoms with Gasteiger partial charge in [-0.15, -0.1) is 11.3 Å². The lowest BCUT2D eigenvalue weighted by Gasteiger charge is -2.22. The average Bonchev–Trinajstić information content (AvgIpc) is 3.27. The van der Waals surface area contributed by atoms with E-state index in [2.05, 4.69) is 20.3 Å². The van der Waals surface area contributed by atoms with Gasteiger partial charge in [0.15, 0.2) is 0 Å². The highest BCUT2D eigenvalue weighted by atomic mass is 32.2. The molecule has 3 N–H and O–H groups in total. The zero-order valence-electron chi connectivity index (χ0n) is 23.2. The highest BCUT2D eigenvalue weighted by Crippen LogP contribution is 2.38. The van der Waals surface area contributed by atoms with Gasteiger partial charge in [0.1, 0.15) is 11.1 Å². The number of nitrogens with one attached hydrogen (secondary N) is 3. The molecule has 1 aromatic carbocycles. The van der Waals surface area contributed by atoms with Crippen molar-refractivity contribution in [1.82, 2.24) is 15.0 Å². The van der Waals surface area contributed by atoms with Crippen LogP contribution in [0.5, 0.6) is 0 Å². The normalized spacial score (nSPS) is 16.1. The van der Waals surface area contributed by atoms with Crippen LogP contribution in [0.4, 0.5) is 15.3 Å². The Morgan fingerprint density at radius 3 is 2.28 bits per heavy atom. The second-order valence-corrected chi connectivity index (χ2v) is 13.3. The summed E-state index contributed by atoms with van der Waals surface area (Å²) >= 11 is 1.31. The largest absolute Gasteiger partial charge is 0.447 e. The van der Waals surface area contributed by atoms with Crippen molar-refractivity contribution in [3.63, 3.8) is 0 Å². The summed E-state index contributed by atoms with van der Waals surface area (Å²) in [5, 5.41) is 5.92. The van der Waals surface area contributed by atoms with E-state index in [4.69, 9.17) is 14.2 Å². The van der Waals surface area contributed by atoms with Gasteiger partial charge in [-0.2, -0.15) is 0 Å². The minimum atomic E-state index is -3.98. The van der Waals surface area contributed by atoms with Gasteiger partial charge < -0.3 is 14.2 Å². The highest BCUT2D eigenvalue weighted by molar-refractivity contribution is 7.89. The third-order valence-electron chi connectivity index (χ3n) is 4.99. The van der Waals surface area contributed by atoms with Crippen molar-refractivity contribution in [1.29, 1.82) is 0 Å². The summed E-state index contributed by atoms with van der Waals surface area (Å²) < 4.78 is 45.6. The number of hydrogen-bond donors (Lipinski definition) is 3. The van der Waals surface area contributed by atoms with Crippen LogP contribution < -0.4 is 15.4 Å². The number of thiazole rings is 1. The molecule has 0 aliphatic carbocycles. The number of hydrogen-bond acceptors (Lipinski definition) is 9. The number of sulfonamides is 1. The summed E-state index contributed by atoms with van der Waals surface area (Å²) in [6.45, 7) is 12.4. The molecule has 39 heavy (non-hydrogen) atoms. The highest BCUT2D eigenvalue weighted by Gasteiger charge is 2.28. The Morgan fingerprint density at radius 2 is 1.72 bits per heavy atom. The number of ether oxygens (including phenoxy) is 3. The van der Waals surface area contributed by atoms with Gasteiger partial charge in [0.05, 0.1) is 28.6 Å². The fourth-order valence-corrected chi connectivity index (χ4v) is 6.36. The molecule has 1 aromatic heterocycles. The summed E-state index contributed by atoms with van der Waals surface area (Å²) in [6.07, 6.45) is 1.80. The fraction of sp³-hybridized carbons (Fsp3) is 0.500. The van der Waals surface area contributed by atoms with E-state index in [1.54, 1.807) is 66.8 Å². The average molecular weight is 581 g/mol. The summed E-state index contributed by atoms with van der Waals surface area (Å²) in [7, 11) is -3.98. The molecule has 2 amide bonds. The van der Waals surface area contributed by atoms with E-state index in [1.807, 2.05) is 6.08 Å². The molecule has 0 bridgehead atoms. The van der Waals surface area contributed by atoms with Crippen molar-refractivity contribution in [2.45, 2.75) is 83.6 Å². The number of alkyl carbamates (subject to hydrolysis) is 1. The van der Waals surface area contributed by atoms with Gasteiger partial charge in [0.25, 0.3) is 0 Å². The first-order valence-corrected chi connectivity index (χ1v) is 14.8. The molecule has 2 heterocycles. The van der Waals surface area contributed by atoms with Crippen LogP contribution in [0.3, 0.4) is 0 Å². The minimum Gasteiger partial charge on any atom is -0.447 e. The molecular weight excluding hydrogens is 544 g/mol. The SMILES string of the molecule is CC(C)OC(=O)NC1=CC[C@@H](c2ncc(-c3ccc(NC(=O)OC(C)C)cc3S(=O)(=O)NC(C)(C)C)s2)OC1. The van der Waals surface area contributed by atoms with Crippen molar-refractivity contribution in [2.24, 2.45) is 0 Å². The van der Waals surface area contributed by atoms with Crippen LogP contribution in [0.1, 0.15) is 66.0 Å². The molecule has 0 unspecified atom stereocenters. The van der Waals surface area contributed by atoms with Gasteiger partial charge in [-0.1, -0.05) is 12.1 Å². The van der Waals surface area contributed by atoms with E-state index in [-0.39, 0.29) is 35.5 Å². The van der Waals surface area contributed by atoms with Crippen molar-refractivity contribution in [2.75, 3.05) is 11.9 Å². The Balaban J connectivity index is 1.86. The number of carbonyl (C=O) groups is 2. The summed E-state index contributed by atoms with van der Waals surface area (Å²) in [6, 6.07) is 4.64. The van der Waals surface area contributed by atoms with Gasteiger partial charge in [-0.05, 0) is 60.6 Å². The smallest absolute Gasteiger partial charge is 0.411 e. The van der Waals surface area contributed by atoms with E-state index < -0.39 is 27.7 Å². The van der Waals surface area contributed by atoms with Crippen molar-refractivity contribution in [3.05, 3.63) is 41.2 Å². The quantitative estimate of drug-likeness (QED) is 0.380. The lowest BCUT2D eigenvalue weighted by Crippen LogP contribution is -2.40. The number of nitrogens with zero attached hydrogens (tertiary/aromatic N) is 1. The monoisotopic (exact) mass is 580 g/mol. The predicted octanol–water partition coefficient (Wildman–Crippen LogP) is 5.32. The topological polar surface area (TPSA) is 145 Å². The number of carbonyl (C=O) groups excluding carboxylic acids is 2. The van der Waals surface area contributed by atoms with Gasteiger partial charge in [-0.3, -0.25) is 10.6 Å². The molecule has 1 aliphatic heterocycles. The molecule has 0 saturated carbocycles. The lowest BCUT2D eigenvalue weighted by atomic mass is 10.1. The second-order valence-electron chi connectivity index (χ2n) is 10.6. The van der Waals surface area contributed by atoms with Gasteiger partial charge in [-0.25, -0.2) is 27.7 Å². The van der Waals surface area contributed by atoms with E-state index in [1.165, 1.54) is 17.4 Å². The summed E-state index contributed by atoms with van der Waals surface area (Å²) in [5.74, 6) is 0. The van der Waals surface area contributed by atoms with Crippen LogP contribution in [0.2, 0.25) is 0 Å². The molecule has 214 valence electrons. The number of rotatable bonds is 8. The predicted molar refractivity (Wildman–Crippen MR) is 149 cm³/mol. The maximum absolute atomic E-state index is 13.4. The van der Waals surface area contributed by atoms with Crippen molar-refractivity contribution >= 4 is 39.2 Å². The number of aromatic nitrogens is 1. The standard InChI is InChI=1S/C26H36N4O7S2/c1-15(2)36-24(31)28-17-8-10-19(22(12-17)39(33,34)30-26(5,6)7)21-13-27-23(38-21)20-11-9-18(14-35-20)29-25(32)37-16(3)4/h8-10,12-13,15-16,20,30H,11,14H2,1-7H3,(H,28,31)(H,29,32)/t20-/m0/s1. The Bertz CT molecular complexity index is 1330. The fourth-order valence-electron chi connectivity index (χ4n) is 3.61. The molecule has 1 aliphatic rings. The van der Waals surface area contributed by atoms with Gasteiger partial charge in [0.2, 0.25) is 10.0 Å². The molecular formula is C26H36N4O7S2. The zero-order chi connectivity index (χ0) is 29.0. The Labute approximate surface area is 233 Å². The van der Waals surface area contributed by atoms with Crippen LogP contribution in [-0.4, -0.2) is 49.9 Å². The first-order chi connectivity index (χ1) is 18.1. The van der Waals surface area contributed by atoms with E-state index in [9.17, 15) is 18.0 Å². The maximum Gasteiger partial charge on any atom is 0.411 e. The molecule has 0 fully saturated rings. The molecule has 0 spiro atoms. The molecule has 0 saturated heterocycles. The maximum atomic E-state index is 13.4. The van der Waals surface area contributed by atoms with Crippen LogP contribution in [0.25, 0.3) is 10.4 Å². The van der Waals surface area contributed by atoms with E-state index >= 15 is 0 Å². The molecule has 2 aromatic rings. The Hall–Kier alpha value is -3.00. The minimum absolute atomic E-state index is 0.00502. The second kappa shape index (κ2) is 12.5. The molecule has 1 atom stereocenters. The third kappa shape index (κ3) is 9.02. The molecule has 13 heteroatoms. The first-order valence-electron chi connectivity index (χ1n) is 12.5. The third-order valence-corrected chi connectivity index (χ3v) is 7.91. The summed E-state index contributed by atoms with van der Waals surface area (Å²) in [5.41, 5.74) is 0.586. The number of anilines is 1. The first kappa shape index (κ1) is 30.5. The van der Waals surface area contributed by atoms with Crippen molar-refractivity contribution in [3.8, 4) is 10.4 Å². The van der Waals surface area contributed by atoms with Crippen LogP contribution in [0, 0.1) is 0 Å².